The van der Waals surface area contributed by atoms with Gasteiger partial charge in [0, 0.05) is 61.9 Å². The molecule has 0 unspecified atom stereocenters. The molecule has 7 heteroatoms. The Bertz CT molecular complexity index is 903. The molecule has 5 heterocycles. The van der Waals surface area contributed by atoms with Crippen LogP contribution in [0.25, 0.3) is 16.9 Å². The highest BCUT2D eigenvalue weighted by molar-refractivity contribution is 5.66. The molecule has 7 nitrogen and oxygen atoms in total. The van der Waals surface area contributed by atoms with Gasteiger partial charge in [-0.1, -0.05) is 0 Å². The van der Waals surface area contributed by atoms with Crippen molar-refractivity contribution in [1.82, 2.24) is 24.7 Å². The summed E-state index contributed by atoms with van der Waals surface area (Å²) in [6.07, 6.45) is 6.79. The van der Waals surface area contributed by atoms with Gasteiger partial charge in [0.1, 0.15) is 5.65 Å². The van der Waals surface area contributed by atoms with E-state index in [0.717, 1.165) is 41.6 Å². The second kappa shape index (κ2) is 5.25. The number of nitrogens with one attached hydrogen (secondary N) is 1. The first-order chi connectivity index (χ1) is 11.8. The normalized spacial score (nSPS) is 22.6. The number of fused-ring (bicyclic) bond motifs is 3. The fraction of sp³-hybridized carbons (Fsp3) is 0.353. The van der Waals surface area contributed by atoms with Crippen LogP contribution in [0.4, 0.5) is 5.95 Å². The Hall–Kier alpha value is -2.51. The first-order valence-electron chi connectivity index (χ1n) is 8.31. The third kappa shape index (κ3) is 2.09. The number of hydrogen-bond donors (Lipinski definition) is 2. The maximum absolute atomic E-state index is 5.73. The minimum atomic E-state index is 0.424. The Morgan fingerprint density at radius 3 is 3.00 bits per heavy atom. The Labute approximate surface area is 139 Å². The van der Waals surface area contributed by atoms with Gasteiger partial charge in [0.15, 0.2) is 0 Å². The standard InChI is InChI=1S/C17H19N7/c18-8-12-5-11(1-2-19-12)15-7-16-20-3-4-23(16)17(22-15)24-10-13-6-14(24)9-21-13/h1-5,7,13-14,21H,6,8-10,18H2/t13-,14-/m0/s1. The summed E-state index contributed by atoms with van der Waals surface area (Å²) in [6.45, 7) is 2.45. The number of pyridine rings is 1. The van der Waals surface area contributed by atoms with E-state index in [-0.39, 0.29) is 0 Å². The Morgan fingerprint density at radius 1 is 1.25 bits per heavy atom. The lowest BCUT2D eigenvalue weighted by atomic mass is 10.1. The molecule has 2 fully saturated rings. The number of rotatable bonds is 3. The molecule has 2 bridgehead atoms. The molecular formula is C17H19N7. The molecule has 2 atom stereocenters. The Balaban J connectivity index is 1.65. The molecule has 0 aliphatic carbocycles. The highest BCUT2D eigenvalue weighted by Gasteiger charge is 2.39. The van der Waals surface area contributed by atoms with Crippen LogP contribution < -0.4 is 16.0 Å². The van der Waals surface area contributed by atoms with Crippen molar-refractivity contribution >= 4 is 11.6 Å². The average Bonchev–Trinajstić information content (AvgIpc) is 3.37. The monoisotopic (exact) mass is 321 g/mol. The molecule has 2 aliphatic rings. The fourth-order valence-corrected chi connectivity index (χ4v) is 3.81. The topological polar surface area (TPSA) is 84.4 Å². The van der Waals surface area contributed by atoms with Gasteiger partial charge >= 0.3 is 0 Å². The van der Waals surface area contributed by atoms with Crippen molar-refractivity contribution in [3.8, 4) is 11.3 Å². The van der Waals surface area contributed by atoms with E-state index in [0.29, 0.717) is 18.6 Å². The third-order valence-corrected chi connectivity index (χ3v) is 5.01. The van der Waals surface area contributed by atoms with Crippen molar-refractivity contribution in [2.75, 3.05) is 18.0 Å². The number of piperazine rings is 1. The zero-order chi connectivity index (χ0) is 16.1. The van der Waals surface area contributed by atoms with E-state index in [9.17, 15) is 0 Å². The average molecular weight is 321 g/mol. The summed E-state index contributed by atoms with van der Waals surface area (Å²) >= 11 is 0. The van der Waals surface area contributed by atoms with Gasteiger partial charge in [-0.05, 0) is 18.6 Å². The predicted molar refractivity (Wildman–Crippen MR) is 91.7 cm³/mol. The molecule has 5 rings (SSSR count). The van der Waals surface area contributed by atoms with Gasteiger partial charge in [-0.2, -0.15) is 0 Å². The molecule has 3 N–H and O–H groups in total. The van der Waals surface area contributed by atoms with Crippen LogP contribution in [0.5, 0.6) is 0 Å². The van der Waals surface area contributed by atoms with Crippen LogP contribution in [-0.2, 0) is 6.54 Å². The smallest absolute Gasteiger partial charge is 0.212 e. The van der Waals surface area contributed by atoms with Crippen LogP contribution in [0.1, 0.15) is 12.1 Å². The fourth-order valence-electron chi connectivity index (χ4n) is 3.81. The number of nitrogens with two attached hydrogens (primary N) is 1. The molecule has 2 saturated heterocycles. The van der Waals surface area contributed by atoms with Gasteiger partial charge in [-0.3, -0.25) is 9.38 Å². The van der Waals surface area contributed by atoms with Crippen molar-refractivity contribution in [2.24, 2.45) is 5.73 Å². The molecule has 24 heavy (non-hydrogen) atoms. The number of nitrogens with zero attached hydrogens (tertiary/aromatic N) is 5. The second-order valence-corrected chi connectivity index (χ2v) is 6.48. The van der Waals surface area contributed by atoms with Crippen molar-refractivity contribution in [1.29, 1.82) is 0 Å². The Morgan fingerprint density at radius 2 is 2.21 bits per heavy atom. The number of anilines is 1. The lowest BCUT2D eigenvalue weighted by molar-refractivity contribution is 0.570. The van der Waals surface area contributed by atoms with E-state index in [1.165, 1.54) is 6.42 Å². The van der Waals surface area contributed by atoms with E-state index >= 15 is 0 Å². The predicted octanol–water partition coefficient (Wildman–Crippen LogP) is 0.800. The van der Waals surface area contributed by atoms with Crippen molar-refractivity contribution in [3.05, 3.63) is 42.5 Å². The van der Waals surface area contributed by atoms with E-state index in [1.807, 2.05) is 30.6 Å². The van der Waals surface area contributed by atoms with Crippen LogP contribution in [0.2, 0.25) is 0 Å². The maximum Gasteiger partial charge on any atom is 0.212 e. The van der Waals surface area contributed by atoms with Gasteiger partial charge in [0.05, 0.1) is 11.4 Å². The first-order valence-corrected chi connectivity index (χ1v) is 8.31. The molecule has 0 radical (unpaired) electrons. The minimum Gasteiger partial charge on any atom is -0.336 e. The Kier molecular flexibility index (Phi) is 3.04. The van der Waals surface area contributed by atoms with Crippen LogP contribution >= 0.6 is 0 Å². The van der Waals surface area contributed by atoms with Crippen LogP contribution in [0.15, 0.2) is 36.8 Å². The molecule has 0 aromatic carbocycles. The molecular weight excluding hydrogens is 302 g/mol. The van der Waals surface area contributed by atoms with E-state index in [4.69, 9.17) is 10.7 Å². The van der Waals surface area contributed by atoms with Crippen molar-refractivity contribution < 1.29 is 0 Å². The lowest BCUT2D eigenvalue weighted by Crippen LogP contribution is -2.44. The van der Waals surface area contributed by atoms with Crippen molar-refractivity contribution in [2.45, 2.75) is 25.0 Å². The van der Waals surface area contributed by atoms with Crippen molar-refractivity contribution in [3.63, 3.8) is 0 Å². The van der Waals surface area contributed by atoms with Crippen LogP contribution in [0.3, 0.4) is 0 Å². The van der Waals surface area contributed by atoms with Gasteiger partial charge < -0.3 is 16.0 Å². The van der Waals surface area contributed by atoms with Gasteiger partial charge in [0.2, 0.25) is 5.95 Å². The minimum absolute atomic E-state index is 0.424. The molecule has 122 valence electrons. The summed E-state index contributed by atoms with van der Waals surface area (Å²) in [5.74, 6) is 0.972. The van der Waals surface area contributed by atoms with E-state index in [1.54, 1.807) is 6.20 Å². The summed E-state index contributed by atoms with van der Waals surface area (Å²) in [6, 6.07) is 7.08. The summed E-state index contributed by atoms with van der Waals surface area (Å²) in [7, 11) is 0. The number of imidazole rings is 1. The quantitative estimate of drug-likeness (QED) is 0.742. The third-order valence-electron chi connectivity index (χ3n) is 5.01. The van der Waals surface area contributed by atoms with Gasteiger partial charge in [-0.25, -0.2) is 9.97 Å². The van der Waals surface area contributed by atoms with E-state index < -0.39 is 0 Å². The number of hydrogen-bond acceptors (Lipinski definition) is 6. The summed E-state index contributed by atoms with van der Waals surface area (Å²) in [5.41, 5.74) is 9.45. The molecule has 2 aliphatic heterocycles. The molecule has 0 spiro atoms. The second-order valence-electron chi connectivity index (χ2n) is 6.48. The maximum atomic E-state index is 5.73. The van der Waals surface area contributed by atoms with Gasteiger partial charge in [0.25, 0.3) is 0 Å². The van der Waals surface area contributed by atoms with Crippen LogP contribution in [0, 0.1) is 0 Å². The van der Waals surface area contributed by atoms with Crippen LogP contribution in [-0.4, -0.2) is 44.5 Å². The molecule has 0 amide bonds. The zero-order valence-electron chi connectivity index (χ0n) is 13.3. The molecule has 3 aromatic heterocycles. The zero-order valence-corrected chi connectivity index (χ0v) is 13.3. The van der Waals surface area contributed by atoms with Gasteiger partial charge in [-0.15, -0.1) is 0 Å². The SMILES string of the molecule is NCc1cc(-c2cc3nccn3c(N3C[C@@H]4C[C@H]3CN4)n2)ccn1. The molecule has 3 aromatic rings. The molecule has 0 saturated carbocycles. The summed E-state index contributed by atoms with van der Waals surface area (Å²) in [5, 5.41) is 3.54. The summed E-state index contributed by atoms with van der Waals surface area (Å²) in [4.78, 5) is 16.1. The highest BCUT2D eigenvalue weighted by atomic mass is 15.4. The number of aromatic nitrogens is 4. The van der Waals surface area contributed by atoms with E-state index in [2.05, 4.69) is 24.6 Å². The largest absolute Gasteiger partial charge is 0.336 e. The first kappa shape index (κ1) is 13.9. The highest BCUT2D eigenvalue weighted by Crippen LogP contribution is 2.30. The summed E-state index contributed by atoms with van der Waals surface area (Å²) < 4.78 is 2.08. The lowest BCUT2D eigenvalue weighted by Gasteiger charge is -2.29.